The van der Waals surface area contributed by atoms with E-state index in [4.69, 9.17) is 12.2 Å². The monoisotopic (exact) mass is 285 g/mol. The average Bonchev–Trinajstić information content (AvgIpc) is 2.92. The van der Waals surface area contributed by atoms with Crippen molar-refractivity contribution in [2.75, 3.05) is 0 Å². The summed E-state index contributed by atoms with van der Waals surface area (Å²) in [6.07, 6.45) is 0. The molecular weight excluding hydrogens is 270 g/mol. The van der Waals surface area contributed by atoms with E-state index in [0.29, 0.717) is 4.77 Å². The standard InChI is InChI=1S/C14H15N5S/c1-9-12(10(2)18(3)17-9)13-15-16-14(20)19(13)11-7-5-4-6-8-11/h4-8H,1-3H3,(H,16,20). The Kier molecular flexibility index (Phi) is 3.02. The maximum absolute atomic E-state index is 5.37. The SMILES string of the molecule is Cc1nn(C)c(C)c1-c1n[nH]c(=S)n1-c1ccccc1. The molecular formula is C14H15N5S. The summed E-state index contributed by atoms with van der Waals surface area (Å²) >= 11 is 5.37. The summed E-state index contributed by atoms with van der Waals surface area (Å²) < 4.78 is 4.37. The van der Waals surface area contributed by atoms with E-state index in [2.05, 4.69) is 15.3 Å². The molecule has 0 amide bonds. The zero-order chi connectivity index (χ0) is 14.3. The molecule has 1 aromatic carbocycles. The molecule has 0 atom stereocenters. The second-order valence-electron chi connectivity index (χ2n) is 4.69. The lowest BCUT2D eigenvalue weighted by molar-refractivity contribution is 0.731. The highest BCUT2D eigenvalue weighted by Crippen LogP contribution is 2.27. The lowest BCUT2D eigenvalue weighted by Gasteiger charge is -2.07. The van der Waals surface area contributed by atoms with E-state index in [1.165, 1.54) is 0 Å². The number of aromatic amines is 1. The molecule has 2 heterocycles. The highest BCUT2D eigenvalue weighted by atomic mass is 32.1. The van der Waals surface area contributed by atoms with Crippen molar-refractivity contribution < 1.29 is 0 Å². The van der Waals surface area contributed by atoms with Gasteiger partial charge in [-0.25, -0.2) is 0 Å². The van der Waals surface area contributed by atoms with Gasteiger partial charge in [-0.1, -0.05) is 18.2 Å². The molecule has 2 aromatic heterocycles. The van der Waals surface area contributed by atoms with E-state index >= 15 is 0 Å². The molecule has 0 saturated carbocycles. The van der Waals surface area contributed by atoms with Gasteiger partial charge in [0.05, 0.1) is 11.3 Å². The van der Waals surface area contributed by atoms with Crippen molar-refractivity contribution in [2.45, 2.75) is 13.8 Å². The molecule has 0 spiro atoms. The van der Waals surface area contributed by atoms with Crippen LogP contribution in [-0.2, 0) is 7.05 Å². The molecule has 6 heteroatoms. The van der Waals surface area contributed by atoms with Gasteiger partial charge in [0.15, 0.2) is 10.6 Å². The summed E-state index contributed by atoms with van der Waals surface area (Å²) in [7, 11) is 1.93. The molecule has 3 aromatic rings. The van der Waals surface area contributed by atoms with Gasteiger partial charge in [-0.2, -0.15) is 10.2 Å². The average molecular weight is 285 g/mol. The van der Waals surface area contributed by atoms with Crippen LogP contribution < -0.4 is 0 Å². The first kappa shape index (κ1) is 12.8. The number of rotatable bonds is 2. The minimum Gasteiger partial charge on any atom is -0.272 e. The number of H-pyrrole nitrogens is 1. The topological polar surface area (TPSA) is 51.4 Å². The third-order valence-corrected chi connectivity index (χ3v) is 3.69. The van der Waals surface area contributed by atoms with Crippen LogP contribution in [0.25, 0.3) is 17.1 Å². The van der Waals surface area contributed by atoms with Crippen molar-refractivity contribution in [1.82, 2.24) is 24.5 Å². The van der Waals surface area contributed by atoms with E-state index in [1.54, 1.807) is 0 Å². The first-order valence-corrected chi connectivity index (χ1v) is 6.74. The number of nitrogens with zero attached hydrogens (tertiary/aromatic N) is 4. The van der Waals surface area contributed by atoms with Gasteiger partial charge in [0.2, 0.25) is 0 Å². The van der Waals surface area contributed by atoms with Crippen LogP contribution in [0, 0.1) is 18.6 Å². The Balaban J connectivity index is 2.30. The lowest BCUT2D eigenvalue weighted by atomic mass is 10.2. The lowest BCUT2D eigenvalue weighted by Crippen LogP contribution is -1.99. The van der Waals surface area contributed by atoms with Crippen molar-refractivity contribution in [3.8, 4) is 17.1 Å². The molecule has 3 rings (SSSR count). The van der Waals surface area contributed by atoms with Crippen LogP contribution in [0.5, 0.6) is 0 Å². The number of nitrogens with one attached hydrogen (secondary N) is 1. The zero-order valence-corrected chi connectivity index (χ0v) is 12.4. The van der Waals surface area contributed by atoms with Crippen molar-refractivity contribution in [1.29, 1.82) is 0 Å². The van der Waals surface area contributed by atoms with Crippen molar-refractivity contribution in [3.63, 3.8) is 0 Å². The molecule has 0 aliphatic heterocycles. The Bertz CT molecular complexity index is 810. The van der Waals surface area contributed by atoms with Crippen LogP contribution in [-0.4, -0.2) is 24.5 Å². The zero-order valence-electron chi connectivity index (χ0n) is 11.6. The Morgan fingerprint density at radius 2 is 1.85 bits per heavy atom. The van der Waals surface area contributed by atoms with Crippen molar-refractivity contribution in [2.24, 2.45) is 7.05 Å². The van der Waals surface area contributed by atoms with Gasteiger partial charge in [-0.05, 0) is 38.2 Å². The summed E-state index contributed by atoms with van der Waals surface area (Å²) in [5, 5.41) is 11.7. The van der Waals surface area contributed by atoms with Gasteiger partial charge >= 0.3 is 0 Å². The quantitative estimate of drug-likeness (QED) is 0.737. The summed E-state index contributed by atoms with van der Waals surface area (Å²) in [4.78, 5) is 0. The number of hydrogen-bond donors (Lipinski definition) is 1. The van der Waals surface area contributed by atoms with Crippen molar-refractivity contribution in [3.05, 3.63) is 46.5 Å². The van der Waals surface area contributed by atoms with E-state index in [-0.39, 0.29) is 0 Å². The Morgan fingerprint density at radius 3 is 2.45 bits per heavy atom. The van der Waals surface area contributed by atoms with Gasteiger partial charge in [0.25, 0.3) is 0 Å². The van der Waals surface area contributed by atoms with Gasteiger partial charge in [0, 0.05) is 18.4 Å². The van der Waals surface area contributed by atoms with Crippen LogP contribution in [0.3, 0.4) is 0 Å². The first-order chi connectivity index (χ1) is 9.59. The maximum Gasteiger partial charge on any atom is 0.200 e. The molecule has 5 nitrogen and oxygen atoms in total. The molecule has 0 bridgehead atoms. The molecule has 0 aliphatic rings. The summed E-state index contributed by atoms with van der Waals surface area (Å²) in [5.74, 6) is 0.796. The third kappa shape index (κ3) is 1.89. The van der Waals surface area contributed by atoms with E-state index in [1.807, 2.05) is 60.5 Å². The molecule has 102 valence electrons. The summed E-state index contributed by atoms with van der Waals surface area (Å²) in [5.41, 5.74) is 4.01. The molecule has 1 N–H and O–H groups in total. The van der Waals surface area contributed by atoms with Crippen molar-refractivity contribution >= 4 is 12.2 Å². The normalized spacial score (nSPS) is 10.9. The maximum atomic E-state index is 5.37. The highest BCUT2D eigenvalue weighted by molar-refractivity contribution is 7.71. The molecule has 0 aliphatic carbocycles. The second kappa shape index (κ2) is 4.72. The van der Waals surface area contributed by atoms with Crippen LogP contribution in [0.4, 0.5) is 0 Å². The number of benzene rings is 1. The first-order valence-electron chi connectivity index (χ1n) is 6.33. The van der Waals surface area contributed by atoms with Gasteiger partial charge in [-0.3, -0.25) is 14.3 Å². The minimum absolute atomic E-state index is 0.578. The Labute approximate surface area is 121 Å². The Hall–Kier alpha value is -2.21. The number of hydrogen-bond acceptors (Lipinski definition) is 3. The predicted molar refractivity (Wildman–Crippen MR) is 80.4 cm³/mol. The van der Waals surface area contributed by atoms with Crippen LogP contribution >= 0.6 is 12.2 Å². The van der Waals surface area contributed by atoms with Crippen LogP contribution in [0.2, 0.25) is 0 Å². The fourth-order valence-electron chi connectivity index (χ4n) is 2.38. The summed E-state index contributed by atoms with van der Waals surface area (Å²) in [6, 6.07) is 9.97. The van der Waals surface area contributed by atoms with Gasteiger partial charge in [-0.15, -0.1) is 0 Å². The van der Waals surface area contributed by atoms with Crippen LogP contribution in [0.1, 0.15) is 11.4 Å². The fraction of sp³-hybridized carbons (Fsp3) is 0.214. The van der Waals surface area contributed by atoms with E-state index in [9.17, 15) is 0 Å². The van der Waals surface area contributed by atoms with Gasteiger partial charge in [0.1, 0.15) is 0 Å². The molecule has 0 radical (unpaired) electrons. The summed E-state index contributed by atoms with van der Waals surface area (Å²) in [6.45, 7) is 4.01. The fourth-order valence-corrected chi connectivity index (χ4v) is 2.62. The van der Waals surface area contributed by atoms with Gasteiger partial charge < -0.3 is 0 Å². The highest BCUT2D eigenvalue weighted by Gasteiger charge is 2.18. The molecule has 0 saturated heterocycles. The number of aryl methyl sites for hydroxylation is 2. The van der Waals surface area contributed by atoms with E-state index < -0.39 is 0 Å². The van der Waals surface area contributed by atoms with Crippen LogP contribution in [0.15, 0.2) is 30.3 Å². The Morgan fingerprint density at radius 1 is 1.15 bits per heavy atom. The molecule has 20 heavy (non-hydrogen) atoms. The second-order valence-corrected chi connectivity index (χ2v) is 5.08. The van der Waals surface area contributed by atoms with E-state index in [0.717, 1.165) is 28.5 Å². The third-order valence-electron chi connectivity index (χ3n) is 3.42. The molecule has 0 fully saturated rings. The minimum atomic E-state index is 0.578. The smallest absolute Gasteiger partial charge is 0.200 e. The predicted octanol–water partition coefficient (Wildman–Crippen LogP) is 2.95. The molecule has 0 unspecified atom stereocenters. The number of para-hydroxylation sites is 1. The number of aromatic nitrogens is 5. The largest absolute Gasteiger partial charge is 0.272 e.